The minimum atomic E-state index is -3.87. The molecule has 2 aromatic rings. The van der Waals surface area contributed by atoms with Crippen LogP contribution in [0, 0.1) is 12.7 Å². The molecule has 0 fully saturated rings. The fraction of sp³-hybridized carbons (Fsp3) is 0.333. The highest BCUT2D eigenvalue weighted by molar-refractivity contribution is 7.89. The Kier molecular flexibility index (Phi) is 3.06. The van der Waals surface area contributed by atoms with E-state index in [1.165, 1.54) is 16.7 Å². The number of hydrogen-bond donors (Lipinski definition) is 0. The standard InChI is InChI=1S/C12H13FN4O2S/c1-9-3-2-4-10(13)12(9)20(18,19)16-5-6-17-11(7-16)14-8-15-17/h2-4,8H,5-7H2,1H3. The molecule has 1 aromatic carbocycles. The van der Waals surface area contributed by atoms with E-state index in [1.807, 2.05) is 0 Å². The van der Waals surface area contributed by atoms with Crippen LogP contribution in [0.2, 0.25) is 0 Å². The van der Waals surface area contributed by atoms with Gasteiger partial charge < -0.3 is 0 Å². The van der Waals surface area contributed by atoms with Crippen LogP contribution in [-0.4, -0.2) is 34.0 Å². The fourth-order valence-electron chi connectivity index (χ4n) is 2.32. The maximum Gasteiger partial charge on any atom is 0.246 e. The molecule has 0 saturated carbocycles. The summed E-state index contributed by atoms with van der Waals surface area (Å²) in [6, 6.07) is 4.24. The van der Waals surface area contributed by atoms with E-state index in [1.54, 1.807) is 17.7 Å². The van der Waals surface area contributed by atoms with Crippen molar-refractivity contribution in [2.45, 2.75) is 24.9 Å². The molecule has 0 radical (unpaired) electrons. The van der Waals surface area contributed by atoms with Crippen LogP contribution in [0.25, 0.3) is 0 Å². The molecular weight excluding hydrogens is 283 g/mol. The molecule has 3 rings (SSSR count). The summed E-state index contributed by atoms with van der Waals surface area (Å²) in [5, 5.41) is 3.99. The van der Waals surface area contributed by atoms with Crippen molar-refractivity contribution in [1.82, 2.24) is 19.1 Å². The highest BCUT2D eigenvalue weighted by Crippen LogP contribution is 2.25. The molecule has 0 saturated heterocycles. The van der Waals surface area contributed by atoms with Crippen molar-refractivity contribution in [3.8, 4) is 0 Å². The highest BCUT2D eigenvalue weighted by atomic mass is 32.2. The van der Waals surface area contributed by atoms with Gasteiger partial charge in [0, 0.05) is 6.54 Å². The van der Waals surface area contributed by atoms with Crippen molar-refractivity contribution in [3.05, 3.63) is 41.7 Å². The number of aromatic nitrogens is 3. The van der Waals surface area contributed by atoms with Crippen molar-refractivity contribution in [3.63, 3.8) is 0 Å². The molecule has 6 nitrogen and oxygen atoms in total. The third kappa shape index (κ3) is 2.01. The first-order valence-electron chi connectivity index (χ1n) is 6.12. The van der Waals surface area contributed by atoms with E-state index < -0.39 is 15.8 Å². The largest absolute Gasteiger partial charge is 0.247 e. The molecule has 0 unspecified atom stereocenters. The van der Waals surface area contributed by atoms with Gasteiger partial charge >= 0.3 is 0 Å². The van der Waals surface area contributed by atoms with E-state index in [-0.39, 0.29) is 18.0 Å². The van der Waals surface area contributed by atoms with Crippen LogP contribution in [0.1, 0.15) is 11.4 Å². The summed E-state index contributed by atoms with van der Waals surface area (Å²) < 4.78 is 42.0. The van der Waals surface area contributed by atoms with Crippen LogP contribution in [0.4, 0.5) is 4.39 Å². The Morgan fingerprint density at radius 1 is 1.30 bits per heavy atom. The number of aryl methyl sites for hydroxylation is 1. The van der Waals surface area contributed by atoms with Gasteiger partial charge in [0.05, 0.1) is 13.1 Å². The molecule has 0 bridgehead atoms. The van der Waals surface area contributed by atoms with Gasteiger partial charge in [-0.05, 0) is 18.6 Å². The van der Waals surface area contributed by atoms with E-state index >= 15 is 0 Å². The normalized spacial score (nSPS) is 16.1. The monoisotopic (exact) mass is 296 g/mol. The number of benzene rings is 1. The molecule has 0 amide bonds. The molecule has 1 aromatic heterocycles. The first-order valence-corrected chi connectivity index (χ1v) is 7.56. The summed E-state index contributed by atoms with van der Waals surface area (Å²) in [4.78, 5) is 3.75. The van der Waals surface area contributed by atoms with Crippen LogP contribution >= 0.6 is 0 Å². The van der Waals surface area contributed by atoms with Crippen LogP contribution in [0.15, 0.2) is 29.4 Å². The second-order valence-corrected chi connectivity index (χ2v) is 6.50. The molecular formula is C12H13FN4O2S. The molecule has 0 spiro atoms. The lowest BCUT2D eigenvalue weighted by molar-refractivity contribution is 0.320. The Hall–Kier alpha value is -1.80. The summed E-state index contributed by atoms with van der Waals surface area (Å²) in [6.07, 6.45) is 1.39. The number of sulfonamides is 1. The average Bonchev–Trinajstić information content (AvgIpc) is 2.85. The minimum Gasteiger partial charge on any atom is -0.247 e. The van der Waals surface area contributed by atoms with E-state index in [2.05, 4.69) is 10.1 Å². The second-order valence-electron chi connectivity index (χ2n) is 4.62. The van der Waals surface area contributed by atoms with Gasteiger partial charge in [-0.2, -0.15) is 9.40 Å². The predicted octanol–water partition coefficient (Wildman–Crippen LogP) is 0.930. The lowest BCUT2D eigenvalue weighted by atomic mass is 10.2. The summed E-state index contributed by atoms with van der Waals surface area (Å²) >= 11 is 0. The zero-order valence-electron chi connectivity index (χ0n) is 10.8. The Morgan fingerprint density at radius 3 is 2.85 bits per heavy atom. The van der Waals surface area contributed by atoms with Crippen LogP contribution in [0.5, 0.6) is 0 Å². The highest BCUT2D eigenvalue weighted by Gasteiger charge is 2.32. The van der Waals surface area contributed by atoms with Crippen molar-refractivity contribution in [2.75, 3.05) is 6.54 Å². The predicted molar refractivity (Wildman–Crippen MR) is 68.8 cm³/mol. The Balaban J connectivity index is 2.02. The van der Waals surface area contributed by atoms with Gasteiger partial charge in [0.1, 0.15) is 22.9 Å². The van der Waals surface area contributed by atoms with Crippen molar-refractivity contribution in [1.29, 1.82) is 0 Å². The fourth-order valence-corrected chi connectivity index (χ4v) is 3.97. The maximum absolute atomic E-state index is 13.9. The van der Waals surface area contributed by atoms with Gasteiger partial charge in [0.25, 0.3) is 0 Å². The quantitative estimate of drug-likeness (QED) is 0.827. The van der Waals surface area contributed by atoms with Crippen LogP contribution in [-0.2, 0) is 23.1 Å². The van der Waals surface area contributed by atoms with Crippen molar-refractivity contribution < 1.29 is 12.8 Å². The molecule has 20 heavy (non-hydrogen) atoms. The smallest absolute Gasteiger partial charge is 0.246 e. The summed E-state index contributed by atoms with van der Waals surface area (Å²) in [7, 11) is -3.87. The Morgan fingerprint density at radius 2 is 2.10 bits per heavy atom. The molecule has 106 valence electrons. The first-order chi connectivity index (χ1) is 9.50. The Bertz CT molecular complexity index is 736. The molecule has 0 atom stereocenters. The van der Waals surface area contributed by atoms with Crippen LogP contribution in [0.3, 0.4) is 0 Å². The molecule has 8 heteroatoms. The van der Waals surface area contributed by atoms with Gasteiger partial charge in [0.15, 0.2) is 0 Å². The number of rotatable bonds is 2. The van der Waals surface area contributed by atoms with E-state index in [4.69, 9.17) is 0 Å². The summed E-state index contributed by atoms with van der Waals surface area (Å²) in [5.74, 6) is -0.161. The molecule has 1 aliphatic rings. The molecule has 2 heterocycles. The SMILES string of the molecule is Cc1cccc(F)c1S(=O)(=O)N1CCn2ncnc2C1. The van der Waals surface area contributed by atoms with Gasteiger partial charge in [-0.1, -0.05) is 12.1 Å². The zero-order valence-corrected chi connectivity index (χ0v) is 11.6. The molecule has 0 N–H and O–H groups in total. The van der Waals surface area contributed by atoms with E-state index in [0.717, 1.165) is 6.07 Å². The number of fused-ring (bicyclic) bond motifs is 1. The third-order valence-electron chi connectivity index (χ3n) is 3.34. The van der Waals surface area contributed by atoms with Crippen LogP contribution < -0.4 is 0 Å². The summed E-state index contributed by atoms with van der Waals surface area (Å²) in [6.45, 7) is 2.37. The number of hydrogen-bond acceptors (Lipinski definition) is 4. The van der Waals surface area contributed by atoms with E-state index in [9.17, 15) is 12.8 Å². The number of nitrogens with zero attached hydrogens (tertiary/aromatic N) is 4. The lowest BCUT2D eigenvalue weighted by Crippen LogP contribution is -2.39. The van der Waals surface area contributed by atoms with Gasteiger partial charge in [0.2, 0.25) is 10.0 Å². The van der Waals surface area contributed by atoms with Gasteiger partial charge in [-0.15, -0.1) is 0 Å². The van der Waals surface area contributed by atoms with Gasteiger partial charge in [-0.25, -0.2) is 22.5 Å². The van der Waals surface area contributed by atoms with E-state index in [0.29, 0.717) is 17.9 Å². The number of halogens is 1. The molecule has 0 aliphatic carbocycles. The van der Waals surface area contributed by atoms with Crippen molar-refractivity contribution >= 4 is 10.0 Å². The average molecular weight is 296 g/mol. The lowest BCUT2D eigenvalue weighted by Gasteiger charge is -2.26. The Labute approximate surface area is 115 Å². The maximum atomic E-state index is 13.9. The summed E-state index contributed by atoms with van der Waals surface area (Å²) in [5.41, 5.74) is 0.400. The topological polar surface area (TPSA) is 68.1 Å². The third-order valence-corrected chi connectivity index (χ3v) is 5.36. The molecule has 1 aliphatic heterocycles. The van der Waals surface area contributed by atoms with Gasteiger partial charge in [-0.3, -0.25) is 0 Å². The first kappa shape index (κ1) is 13.2. The zero-order chi connectivity index (χ0) is 14.3. The second kappa shape index (κ2) is 4.64. The minimum absolute atomic E-state index is 0.107. The van der Waals surface area contributed by atoms with Crippen molar-refractivity contribution in [2.24, 2.45) is 0 Å².